The molecule has 0 heterocycles. The number of carbonyl (C=O) groups excluding carboxylic acids is 1. The summed E-state index contributed by atoms with van der Waals surface area (Å²) in [4.78, 5) is 10.8. The molecule has 2 nitrogen and oxygen atoms in total. The van der Waals surface area contributed by atoms with Crippen molar-refractivity contribution in [2.45, 2.75) is 19.9 Å². The SMILES string of the molecule is CC(=O)Cc1cc[c]cc1CN. The van der Waals surface area contributed by atoms with Gasteiger partial charge < -0.3 is 5.73 Å². The molecule has 1 aromatic rings. The van der Waals surface area contributed by atoms with E-state index in [1.165, 1.54) is 0 Å². The second-order valence-electron chi connectivity index (χ2n) is 2.78. The van der Waals surface area contributed by atoms with Crippen LogP contribution in [0.3, 0.4) is 0 Å². The van der Waals surface area contributed by atoms with Crippen LogP contribution in [0.1, 0.15) is 18.1 Å². The van der Waals surface area contributed by atoms with Gasteiger partial charge in [0.05, 0.1) is 0 Å². The molecule has 0 aliphatic carbocycles. The van der Waals surface area contributed by atoms with Crippen LogP contribution in [0, 0.1) is 6.07 Å². The number of rotatable bonds is 3. The molecule has 0 spiro atoms. The topological polar surface area (TPSA) is 43.1 Å². The maximum atomic E-state index is 10.8. The molecule has 0 fully saturated rings. The predicted octanol–water partition coefficient (Wildman–Crippen LogP) is 1.08. The lowest BCUT2D eigenvalue weighted by molar-refractivity contribution is -0.116. The third-order valence-electron chi connectivity index (χ3n) is 1.71. The molecule has 1 radical (unpaired) electrons. The summed E-state index contributed by atoms with van der Waals surface area (Å²) < 4.78 is 0. The van der Waals surface area contributed by atoms with Gasteiger partial charge in [0.2, 0.25) is 0 Å². The summed E-state index contributed by atoms with van der Waals surface area (Å²) in [6, 6.07) is 8.46. The molecule has 0 bridgehead atoms. The second-order valence-corrected chi connectivity index (χ2v) is 2.78. The molecule has 12 heavy (non-hydrogen) atoms. The van der Waals surface area contributed by atoms with Crippen LogP contribution in [0.4, 0.5) is 0 Å². The monoisotopic (exact) mass is 162 g/mol. The lowest BCUT2D eigenvalue weighted by Crippen LogP contribution is -2.04. The Morgan fingerprint density at radius 3 is 2.92 bits per heavy atom. The standard InChI is InChI=1S/C10H12NO/c1-8(12)6-9-4-2-3-5-10(9)7-11/h2,4-5H,6-7,11H2,1H3. The Balaban J connectivity index is 2.89. The van der Waals surface area contributed by atoms with Gasteiger partial charge in [0.15, 0.2) is 0 Å². The summed E-state index contributed by atoms with van der Waals surface area (Å²) >= 11 is 0. The lowest BCUT2D eigenvalue weighted by atomic mass is 10.0. The summed E-state index contributed by atoms with van der Waals surface area (Å²) in [6.45, 7) is 2.05. The van der Waals surface area contributed by atoms with E-state index in [2.05, 4.69) is 6.07 Å². The van der Waals surface area contributed by atoms with Crippen molar-refractivity contribution in [1.82, 2.24) is 0 Å². The highest BCUT2D eigenvalue weighted by Gasteiger charge is 2.01. The van der Waals surface area contributed by atoms with Gasteiger partial charge in [0.1, 0.15) is 5.78 Å². The summed E-state index contributed by atoms with van der Waals surface area (Å²) in [5.41, 5.74) is 7.52. The number of carbonyl (C=O) groups is 1. The Labute approximate surface area is 72.4 Å². The van der Waals surface area contributed by atoms with Crippen LogP contribution >= 0.6 is 0 Å². The van der Waals surface area contributed by atoms with Crippen LogP contribution in [0.5, 0.6) is 0 Å². The molecular formula is C10H12NO. The summed E-state index contributed by atoms with van der Waals surface area (Å²) in [5, 5.41) is 0. The zero-order valence-electron chi connectivity index (χ0n) is 7.13. The molecule has 0 aliphatic heterocycles. The van der Waals surface area contributed by atoms with Gasteiger partial charge in [-0.25, -0.2) is 0 Å². The van der Waals surface area contributed by atoms with E-state index in [4.69, 9.17) is 5.73 Å². The maximum Gasteiger partial charge on any atom is 0.134 e. The van der Waals surface area contributed by atoms with E-state index in [-0.39, 0.29) is 5.78 Å². The molecule has 0 amide bonds. The molecule has 1 aromatic carbocycles. The fourth-order valence-electron chi connectivity index (χ4n) is 1.13. The van der Waals surface area contributed by atoms with Crippen molar-refractivity contribution >= 4 is 5.78 Å². The first-order chi connectivity index (χ1) is 5.74. The van der Waals surface area contributed by atoms with E-state index >= 15 is 0 Å². The first-order valence-corrected chi connectivity index (χ1v) is 3.91. The summed E-state index contributed by atoms with van der Waals surface area (Å²) in [7, 11) is 0. The van der Waals surface area contributed by atoms with Crippen LogP contribution in [0.2, 0.25) is 0 Å². The molecule has 0 saturated heterocycles. The molecule has 0 saturated carbocycles. The number of hydrogen-bond acceptors (Lipinski definition) is 2. The van der Waals surface area contributed by atoms with E-state index in [1.54, 1.807) is 13.0 Å². The van der Waals surface area contributed by atoms with Crippen molar-refractivity contribution in [3.8, 4) is 0 Å². The Morgan fingerprint density at radius 2 is 2.33 bits per heavy atom. The molecule has 0 unspecified atom stereocenters. The average molecular weight is 162 g/mol. The molecule has 63 valence electrons. The third-order valence-corrected chi connectivity index (χ3v) is 1.71. The van der Waals surface area contributed by atoms with Gasteiger partial charge in [-0.3, -0.25) is 4.79 Å². The molecule has 2 N–H and O–H groups in total. The number of hydrogen-bond donors (Lipinski definition) is 1. The fraction of sp³-hybridized carbons (Fsp3) is 0.300. The van der Waals surface area contributed by atoms with Crippen molar-refractivity contribution in [3.05, 3.63) is 35.4 Å². The van der Waals surface area contributed by atoms with Crippen molar-refractivity contribution in [1.29, 1.82) is 0 Å². The zero-order valence-corrected chi connectivity index (χ0v) is 7.13. The Morgan fingerprint density at radius 1 is 1.58 bits per heavy atom. The second kappa shape index (κ2) is 4.02. The van der Waals surface area contributed by atoms with Crippen molar-refractivity contribution in [3.63, 3.8) is 0 Å². The molecular weight excluding hydrogens is 150 g/mol. The summed E-state index contributed by atoms with van der Waals surface area (Å²) in [6.07, 6.45) is 0.473. The molecule has 1 rings (SSSR count). The maximum absolute atomic E-state index is 10.8. The van der Waals surface area contributed by atoms with Crippen LogP contribution in [0.25, 0.3) is 0 Å². The van der Waals surface area contributed by atoms with E-state index in [1.807, 2.05) is 12.1 Å². The zero-order chi connectivity index (χ0) is 8.97. The number of nitrogens with two attached hydrogens (primary N) is 1. The summed E-state index contributed by atoms with van der Waals surface area (Å²) in [5.74, 6) is 0.163. The first-order valence-electron chi connectivity index (χ1n) is 3.91. The Hall–Kier alpha value is -1.15. The van der Waals surface area contributed by atoms with E-state index in [0.29, 0.717) is 13.0 Å². The predicted molar refractivity (Wildman–Crippen MR) is 47.6 cm³/mol. The van der Waals surface area contributed by atoms with Crippen molar-refractivity contribution in [2.75, 3.05) is 0 Å². The lowest BCUT2D eigenvalue weighted by Gasteiger charge is -2.03. The van der Waals surface area contributed by atoms with Crippen molar-refractivity contribution < 1.29 is 4.79 Å². The van der Waals surface area contributed by atoms with E-state index < -0.39 is 0 Å². The highest BCUT2D eigenvalue weighted by atomic mass is 16.1. The average Bonchev–Trinajstić information content (AvgIpc) is 2.04. The molecule has 0 aromatic heterocycles. The number of Topliss-reactive ketones (excluding diaryl/α,β-unsaturated/α-hetero) is 1. The van der Waals surface area contributed by atoms with Gasteiger partial charge in [0.25, 0.3) is 0 Å². The number of benzene rings is 1. The Kier molecular flexibility index (Phi) is 3.00. The Bertz CT molecular complexity index is 281. The van der Waals surface area contributed by atoms with E-state index in [0.717, 1.165) is 11.1 Å². The first kappa shape index (κ1) is 8.94. The normalized spacial score (nSPS) is 9.83. The smallest absolute Gasteiger partial charge is 0.134 e. The minimum absolute atomic E-state index is 0.163. The van der Waals surface area contributed by atoms with Gasteiger partial charge >= 0.3 is 0 Å². The van der Waals surface area contributed by atoms with Gasteiger partial charge in [-0.15, -0.1) is 0 Å². The van der Waals surface area contributed by atoms with Gasteiger partial charge in [-0.05, 0) is 30.2 Å². The van der Waals surface area contributed by atoms with Crippen molar-refractivity contribution in [2.24, 2.45) is 5.73 Å². The third kappa shape index (κ3) is 2.17. The quantitative estimate of drug-likeness (QED) is 0.722. The van der Waals surface area contributed by atoms with E-state index in [9.17, 15) is 4.79 Å². The van der Waals surface area contributed by atoms with Gasteiger partial charge in [0, 0.05) is 13.0 Å². The minimum atomic E-state index is 0.163. The fourth-order valence-corrected chi connectivity index (χ4v) is 1.13. The largest absolute Gasteiger partial charge is 0.326 e. The van der Waals surface area contributed by atoms with Gasteiger partial charge in [-0.1, -0.05) is 12.1 Å². The van der Waals surface area contributed by atoms with Crippen LogP contribution in [-0.4, -0.2) is 5.78 Å². The van der Waals surface area contributed by atoms with Crippen LogP contribution < -0.4 is 5.73 Å². The van der Waals surface area contributed by atoms with Gasteiger partial charge in [-0.2, -0.15) is 0 Å². The molecule has 0 atom stereocenters. The molecule has 0 aliphatic rings. The minimum Gasteiger partial charge on any atom is -0.326 e. The highest BCUT2D eigenvalue weighted by molar-refractivity contribution is 5.78. The van der Waals surface area contributed by atoms with Crippen LogP contribution in [0.15, 0.2) is 18.2 Å². The number of ketones is 1. The molecule has 2 heteroatoms. The van der Waals surface area contributed by atoms with Crippen LogP contribution in [-0.2, 0) is 17.8 Å². The highest BCUT2D eigenvalue weighted by Crippen LogP contribution is 2.08.